The second kappa shape index (κ2) is 6.73. The van der Waals surface area contributed by atoms with Crippen molar-refractivity contribution in [1.82, 2.24) is 15.2 Å². The molecule has 2 aromatic rings. The van der Waals surface area contributed by atoms with Crippen molar-refractivity contribution < 1.29 is 0 Å². The Hall–Kier alpha value is -2.17. The fourth-order valence-corrected chi connectivity index (χ4v) is 2.88. The molecule has 5 heteroatoms. The van der Waals surface area contributed by atoms with Crippen molar-refractivity contribution in [2.24, 2.45) is 5.92 Å². The van der Waals surface area contributed by atoms with E-state index in [2.05, 4.69) is 63.5 Å². The lowest BCUT2D eigenvalue weighted by molar-refractivity contribution is 0.441. The molecule has 5 nitrogen and oxygen atoms in total. The lowest BCUT2D eigenvalue weighted by Gasteiger charge is -2.30. The molecule has 0 amide bonds. The van der Waals surface area contributed by atoms with Crippen LogP contribution in [0.3, 0.4) is 0 Å². The summed E-state index contributed by atoms with van der Waals surface area (Å²) in [5.74, 6) is 2.22. The molecule has 1 aliphatic rings. The van der Waals surface area contributed by atoms with E-state index in [0.717, 1.165) is 31.4 Å². The minimum Gasteiger partial charge on any atom is -0.365 e. The summed E-state index contributed by atoms with van der Waals surface area (Å²) >= 11 is 0. The standard InChI is InChI=1S/C17H23N5/c1-13-6-5-9-22(12-13)17-20-16(11-19-21-17)18-10-15-8-4-3-7-14(15)2/h3-4,7-8,11,13H,5-6,9-10,12H2,1-2H3,(H,18,20,21). The monoisotopic (exact) mass is 297 g/mol. The minimum atomic E-state index is 0.695. The van der Waals surface area contributed by atoms with Crippen molar-refractivity contribution in [3.8, 4) is 0 Å². The van der Waals surface area contributed by atoms with Crippen LogP contribution in [0.15, 0.2) is 30.5 Å². The summed E-state index contributed by atoms with van der Waals surface area (Å²) in [7, 11) is 0. The number of hydrogen-bond acceptors (Lipinski definition) is 5. The van der Waals surface area contributed by atoms with Crippen molar-refractivity contribution in [3.05, 3.63) is 41.6 Å². The number of benzene rings is 1. The topological polar surface area (TPSA) is 53.9 Å². The fraction of sp³-hybridized carbons (Fsp3) is 0.471. The number of hydrogen-bond donors (Lipinski definition) is 1. The molecule has 1 saturated heterocycles. The Bertz CT molecular complexity index is 628. The average molecular weight is 297 g/mol. The van der Waals surface area contributed by atoms with E-state index < -0.39 is 0 Å². The largest absolute Gasteiger partial charge is 0.365 e. The molecule has 2 heterocycles. The number of nitrogens with one attached hydrogen (secondary N) is 1. The summed E-state index contributed by atoms with van der Waals surface area (Å²) in [6, 6.07) is 8.36. The Morgan fingerprint density at radius 1 is 1.32 bits per heavy atom. The first kappa shape index (κ1) is 14.8. The molecule has 0 bridgehead atoms. The molecular weight excluding hydrogens is 274 g/mol. The fourth-order valence-electron chi connectivity index (χ4n) is 2.88. The zero-order chi connectivity index (χ0) is 15.4. The van der Waals surface area contributed by atoms with E-state index in [1.54, 1.807) is 6.20 Å². The molecule has 1 aromatic heterocycles. The highest BCUT2D eigenvalue weighted by Crippen LogP contribution is 2.20. The van der Waals surface area contributed by atoms with Crippen LogP contribution in [-0.4, -0.2) is 28.3 Å². The second-order valence-electron chi connectivity index (χ2n) is 6.12. The Morgan fingerprint density at radius 3 is 3.00 bits per heavy atom. The Balaban J connectivity index is 1.67. The van der Waals surface area contributed by atoms with Crippen LogP contribution in [0.5, 0.6) is 0 Å². The van der Waals surface area contributed by atoms with Gasteiger partial charge in [-0.2, -0.15) is 10.1 Å². The Labute approximate surface area is 131 Å². The molecule has 0 aliphatic carbocycles. The number of nitrogens with zero attached hydrogens (tertiary/aromatic N) is 4. The average Bonchev–Trinajstić information content (AvgIpc) is 2.54. The van der Waals surface area contributed by atoms with Crippen LogP contribution >= 0.6 is 0 Å². The van der Waals surface area contributed by atoms with Gasteiger partial charge in [-0.05, 0) is 36.8 Å². The highest BCUT2D eigenvalue weighted by Gasteiger charge is 2.19. The summed E-state index contributed by atoms with van der Waals surface area (Å²) in [6.45, 7) is 7.19. The third-order valence-corrected chi connectivity index (χ3v) is 4.21. The van der Waals surface area contributed by atoms with Gasteiger partial charge in [-0.25, -0.2) is 0 Å². The van der Waals surface area contributed by atoms with Crippen molar-refractivity contribution in [2.45, 2.75) is 33.2 Å². The quantitative estimate of drug-likeness (QED) is 0.940. The maximum Gasteiger partial charge on any atom is 0.247 e. The lowest BCUT2D eigenvalue weighted by Crippen LogP contribution is -2.35. The third-order valence-electron chi connectivity index (χ3n) is 4.21. The van der Waals surface area contributed by atoms with E-state index in [9.17, 15) is 0 Å². The SMILES string of the molecule is Cc1ccccc1CNc1cnnc(N2CCCC(C)C2)n1. The third kappa shape index (κ3) is 3.53. The molecule has 22 heavy (non-hydrogen) atoms. The van der Waals surface area contributed by atoms with Gasteiger partial charge in [-0.3, -0.25) is 0 Å². The Kier molecular flexibility index (Phi) is 4.51. The van der Waals surface area contributed by atoms with Crippen molar-refractivity contribution in [2.75, 3.05) is 23.3 Å². The van der Waals surface area contributed by atoms with Crippen molar-refractivity contribution in [1.29, 1.82) is 0 Å². The molecule has 1 unspecified atom stereocenters. The van der Waals surface area contributed by atoms with Crippen LogP contribution in [0.1, 0.15) is 30.9 Å². The van der Waals surface area contributed by atoms with E-state index in [0.29, 0.717) is 5.92 Å². The number of rotatable bonds is 4. The number of aromatic nitrogens is 3. The highest BCUT2D eigenvalue weighted by molar-refractivity contribution is 5.40. The second-order valence-corrected chi connectivity index (χ2v) is 6.12. The van der Waals surface area contributed by atoms with Gasteiger partial charge in [0.1, 0.15) is 0 Å². The van der Waals surface area contributed by atoms with Gasteiger partial charge in [-0.15, -0.1) is 5.10 Å². The van der Waals surface area contributed by atoms with E-state index >= 15 is 0 Å². The number of piperidine rings is 1. The van der Waals surface area contributed by atoms with E-state index in [1.165, 1.54) is 24.0 Å². The smallest absolute Gasteiger partial charge is 0.247 e. The zero-order valence-electron chi connectivity index (χ0n) is 13.3. The van der Waals surface area contributed by atoms with Gasteiger partial charge in [0.05, 0.1) is 6.20 Å². The van der Waals surface area contributed by atoms with Gasteiger partial charge in [-0.1, -0.05) is 31.2 Å². The van der Waals surface area contributed by atoms with Gasteiger partial charge in [0.15, 0.2) is 5.82 Å². The molecule has 0 spiro atoms. The summed E-state index contributed by atoms with van der Waals surface area (Å²) in [6.07, 6.45) is 4.18. The van der Waals surface area contributed by atoms with Gasteiger partial charge < -0.3 is 10.2 Å². The molecule has 1 aliphatic heterocycles. The molecule has 3 rings (SSSR count). The van der Waals surface area contributed by atoms with E-state index in [1.807, 2.05) is 0 Å². The van der Waals surface area contributed by atoms with Gasteiger partial charge in [0.2, 0.25) is 5.95 Å². The molecular formula is C17H23N5. The predicted molar refractivity (Wildman–Crippen MR) is 88.9 cm³/mol. The number of anilines is 2. The normalized spacial score (nSPS) is 18.3. The first-order valence-corrected chi connectivity index (χ1v) is 7.95. The summed E-state index contributed by atoms with van der Waals surface area (Å²) < 4.78 is 0. The van der Waals surface area contributed by atoms with Crippen LogP contribution in [0, 0.1) is 12.8 Å². The maximum absolute atomic E-state index is 4.62. The van der Waals surface area contributed by atoms with Crippen molar-refractivity contribution in [3.63, 3.8) is 0 Å². The first-order chi connectivity index (χ1) is 10.7. The minimum absolute atomic E-state index is 0.695. The zero-order valence-corrected chi connectivity index (χ0v) is 13.3. The molecule has 1 N–H and O–H groups in total. The van der Waals surface area contributed by atoms with Gasteiger partial charge >= 0.3 is 0 Å². The van der Waals surface area contributed by atoms with Gasteiger partial charge in [0.25, 0.3) is 0 Å². The highest BCUT2D eigenvalue weighted by atomic mass is 15.3. The molecule has 1 aromatic carbocycles. The van der Waals surface area contributed by atoms with Crippen LogP contribution in [0.25, 0.3) is 0 Å². The molecule has 0 saturated carbocycles. The summed E-state index contributed by atoms with van der Waals surface area (Å²) in [5.41, 5.74) is 2.55. The molecule has 1 fully saturated rings. The molecule has 1 atom stereocenters. The lowest BCUT2D eigenvalue weighted by atomic mass is 10.0. The van der Waals surface area contributed by atoms with Crippen LogP contribution < -0.4 is 10.2 Å². The summed E-state index contributed by atoms with van der Waals surface area (Å²) in [4.78, 5) is 6.85. The summed E-state index contributed by atoms with van der Waals surface area (Å²) in [5, 5.41) is 11.6. The van der Waals surface area contributed by atoms with Crippen LogP contribution in [0.4, 0.5) is 11.8 Å². The maximum atomic E-state index is 4.62. The first-order valence-electron chi connectivity index (χ1n) is 7.95. The predicted octanol–water partition coefficient (Wildman–Crippen LogP) is 3.03. The van der Waals surface area contributed by atoms with E-state index in [-0.39, 0.29) is 0 Å². The van der Waals surface area contributed by atoms with Crippen LogP contribution in [0.2, 0.25) is 0 Å². The van der Waals surface area contributed by atoms with Gasteiger partial charge in [0, 0.05) is 19.6 Å². The molecule has 116 valence electrons. The van der Waals surface area contributed by atoms with Crippen LogP contribution in [-0.2, 0) is 6.54 Å². The molecule has 0 radical (unpaired) electrons. The Morgan fingerprint density at radius 2 is 2.18 bits per heavy atom. The van der Waals surface area contributed by atoms with E-state index in [4.69, 9.17) is 0 Å². The number of aryl methyl sites for hydroxylation is 1. The van der Waals surface area contributed by atoms with Crippen molar-refractivity contribution >= 4 is 11.8 Å².